The lowest BCUT2D eigenvalue weighted by molar-refractivity contribution is -0.149. The number of hydrogen-bond acceptors (Lipinski definition) is 4. The Morgan fingerprint density at radius 1 is 1.67 bits per heavy atom. The molecule has 1 N–H and O–H groups in total. The molecule has 0 radical (unpaired) electrons. The van der Waals surface area contributed by atoms with Gasteiger partial charge >= 0.3 is 5.97 Å². The fourth-order valence-corrected chi connectivity index (χ4v) is 1.72. The standard InChI is InChI=1S/C13H15FN2O2/c1-4-8-16-13(5-2,12(17)18-3)11-7-6-10(14)9-15-11/h1,6-7,9,16H,5,8H2,2-3H3. The summed E-state index contributed by atoms with van der Waals surface area (Å²) in [4.78, 5) is 15.9. The number of aromatic nitrogens is 1. The van der Waals surface area contributed by atoms with Gasteiger partial charge in [-0.15, -0.1) is 6.42 Å². The van der Waals surface area contributed by atoms with E-state index in [-0.39, 0.29) is 6.54 Å². The highest BCUT2D eigenvalue weighted by atomic mass is 19.1. The first-order valence-electron chi connectivity index (χ1n) is 5.49. The largest absolute Gasteiger partial charge is 0.467 e. The van der Waals surface area contributed by atoms with Crippen LogP contribution in [0.1, 0.15) is 19.0 Å². The summed E-state index contributed by atoms with van der Waals surface area (Å²) in [6.45, 7) is 1.98. The van der Waals surface area contributed by atoms with Crippen LogP contribution in [0.4, 0.5) is 4.39 Å². The molecule has 1 heterocycles. The zero-order chi connectivity index (χ0) is 13.6. The number of esters is 1. The van der Waals surface area contributed by atoms with E-state index in [1.165, 1.54) is 19.2 Å². The molecular formula is C13H15FN2O2. The van der Waals surface area contributed by atoms with E-state index in [0.717, 1.165) is 6.20 Å². The summed E-state index contributed by atoms with van der Waals surface area (Å²) in [6.07, 6.45) is 6.63. The van der Waals surface area contributed by atoms with Gasteiger partial charge in [0.1, 0.15) is 5.82 Å². The first kappa shape index (κ1) is 14.1. The lowest BCUT2D eigenvalue weighted by Crippen LogP contribution is -2.50. The number of rotatable bonds is 5. The van der Waals surface area contributed by atoms with E-state index in [0.29, 0.717) is 12.1 Å². The molecule has 1 atom stereocenters. The summed E-state index contributed by atoms with van der Waals surface area (Å²) >= 11 is 0. The van der Waals surface area contributed by atoms with Gasteiger partial charge in [0.05, 0.1) is 25.5 Å². The molecule has 0 aliphatic rings. The van der Waals surface area contributed by atoms with Crippen LogP contribution in [0.15, 0.2) is 18.3 Å². The lowest BCUT2D eigenvalue weighted by Gasteiger charge is -2.29. The highest BCUT2D eigenvalue weighted by molar-refractivity contribution is 5.82. The third kappa shape index (κ3) is 2.66. The minimum Gasteiger partial charge on any atom is -0.467 e. The van der Waals surface area contributed by atoms with Crippen molar-refractivity contribution in [3.63, 3.8) is 0 Å². The van der Waals surface area contributed by atoms with Gasteiger partial charge in [0.2, 0.25) is 0 Å². The number of halogens is 1. The minimum absolute atomic E-state index is 0.183. The van der Waals surface area contributed by atoms with Gasteiger partial charge in [-0.1, -0.05) is 12.8 Å². The number of carbonyl (C=O) groups is 1. The predicted molar refractivity (Wildman–Crippen MR) is 65.0 cm³/mol. The van der Waals surface area contributed by atoms with Crippen LogP contribution >= 0.6 is 0 Å². The first-order chi connectivity index (χ1) is 8.60. The molecule has 18 heavy (non-hydrogen) atoms. The van der Waals surface area contributed by atoms with Gasteiger partial charge in [-0.05, 0) is 18.6 Å². The number of nitrogens with one attached hydrogen (secondary N) is 1. The van der Waals surface area contributed by atoms with Gasteiger partial charge < -0.3 is 4.74 Å². The monoisotopic (exact) mass is 250 g/mol. The van der Waals surface area contributed by atoms with Crippen LogP contribution in [0.5, 0.6) is 0 Å². The predicted octanol–water partition coefficient (Wildman–Crippen LogP) is 1.22. The molecule has 1 rings (SSSR count). The molecule has 0 fully saturated rings. The number of carbonyl (C=O) groups excluding carboxylic acids is 1. The quantitative estimate of drug-likeness (QED) is 0.630. The Hall–Kier alpha value is -1.93. The van der Waals surface area contributed by atoms with E-state index in [9.17, 15) is 9.18 Å². The van der Waals surface area contributed by atoms with Crippen LogP contribution in [0.25, 0.3) is 0 Å². The summed E-state index contributed by atoms with van der Waals surface area (Å²) in [6, 6.07) is 2.69. The molecule has 0 amide bonds. The molecule has 0 saturated carbocycles. The van der Waals surface area contributed by atoms with Crippen molar-refractivity contribution in [1.82, 2.24) is 10.3 Å². The van der Waals surface area contributed by atoms with E-state index in [1.807, 2.05) is 0 Å². The van der Waals surface area contributed by atoms with E-state index >= 15 is 0 Å². The second-order valence-corrected chi connectivity index (χ2v) is 3.67. The van der Waals surface area contributed by atoms with Crippen LogP contribution < -0.4 is 5.32 Å². The molecule has 5 heteroatoms. The molecule has 96 valence electrons. The summed E-state index contributed by atoms with van der Waals surface area (Å²) in [7, 11) is 1.29. The Bertz CT molecular complexity index is 453. The molecule has 0 spiro atoms. The van der Waals surface area contributed by atoms with Crippen molar-refractivity contribution in [2.45, 2.75) is 18.9 Å². The highest BCUT2D eigenvalue weighted by Crippen LogP contribution is 2.25. The SMILES string of the molecule is C#CCNC(CC)(C(=O)OC)c1ccc(F)cn1. The minimum atomic E-state index is -1.14. The molecule has 0 aliphatic carbocycles. The van der Waals surface area contributed by atoms with Crippen molar-refractivity contribution in [2.75, 3.05) is 13.7 Å². The van der Waals surface area contributed by atoms with E-state index in [1.54, 1.807) is 6.92 Å². The van der Waals surface area contributed by atoms with Gasteiger partial charge in [0.15, 0.2) is 5.54 Å². The molecule has 0 bridgehead atoms. The van der Waals surface area contributed by atoms with Crippen LogP contribution in [-0.4, -0.2) is 24.6 Å². The number of pyridine rings is 1. The van der Waals surface area contributed by atoms with E-state index in [4.69, 9.17) is 11.2 Å². The fourth-order valence-electron chi connectivity index (χ4n) is 1.72. The molecular weight excluding hydrogens is 235 g/mol. The number of nitrogens with zero attached hydrogens (tertiary/aromatic N) is 1. The highest BCUT2D eigenvalue weighted by Gasteiger charge is 2.40. The van der Waals surface area contributed by atoms with Crippen LogP contribution in [0.2, 0.25) is 0 Å². The van der Waals surface area contributed by atoms with Gasteiger partial charge in [-0.2, -0.15) is 0 Å². The van der Waals surface area contributed by atoms with Crippen molar-refractivity contribution in [1.29, 1.82) is 0 Å². The third-order valence-corrected chi connectivity index (χ3v) is 2.72. The maximum atomic E-state index is 12.9. The average Bonchev–Trinajstić information content (AvgIpc) is 2.41. The van der Waals surface area contributed by atoms with Gasteiger partial charge in [0, 0.05) is 0 Å². The molecule has 1 unspecified atom stereocenters. The zero-order valence-electron chi connectivity index (χ0n) is 10.4. The second-order valence-electron chi connectivity index (χ2n) is 3.67. The first-order valence-corrected chi connectivity index (χ1v) is 5.49. The average molecular weight is 250 g/mol. The number of methoxy groups -OCH3 is 1. The van der Waals surface area contributed by atoms with E-state index < -0.39 is 17.3 Å². The Labute approximate surface area is 106 Å². The molecule has 1 aromatic rings. The second kappa shape index (κ2) is 6.12. The van der Waals surface area contributed by atoms with Gasteiger partial charge in [-0.25, -0.2) is 9.18 Å². The van der Waals surface area contributed by atoms with Gasteiger partial charge in [0.25, 0.3) is 0 Å². The third-order valence-electron chi connectivity index (χ3n) is 2.72. The number of ether oxygens (including phenoxy) is 1. The van der Waals surface area contributed by atoms with Crippen molar-refractivity contribution in [3.05, 3.63) is 29.8 Å². The Kier molecular flexibility index (Phi) is 4.81. The Morgan fingerprint density at radius 2 is 2.39 bits per heavy atom. The van der Waals surface area contributed by atoms with Crippen molar-refractivity contribution in [3.8, 4) is 12.3 Å². The summed E-state index contributed by atoms with van der Waals surface area (Å²) in [5.74, 6) is 1.43. The maximum Gasteiger partial charge on any atom is 0.332 e. The summed E-state index contributed by atoms with van der Waals surface area (Å²) < 4.78 is 17.7. The number of hydrogen-bond donors (Lipinski definition) is 1. The van der Waals surface area contributed by atoms with E-state index in [2.05, 4.69) is 16.2 Å². The Morgan fingerprint density at radius 3 is 2.83 bits per heavy atom. The number of terminal acetylenes is 1. The summed E-state index contributed by atoms with van der Waals surface area (Å²) in [5, 5.41) is 2.92. The van der Waals surface area contributed by atoms with Crippen LogP contribution in [-0.2, 0) is 15.1 Å². The topological polar surface area (TPSA) is 51.2 Å². The molecule has 1 aromatic heterocycles. The van der Waals surface area contributed by atoms with Gasteiger partial charge in [-0.3, -0.25) is 10.3 Å². The molecule has 0 aromatic carbocycles. The maximum absolute atomic E-state index is 12.9. The van der Waals surface area contributed by atoms with Crippen molar-refractivity contribution < 1.29 is 13.9 Å². The molecule has 0 saturated heterocycles. The lowest BCUT2D eigenvalue weighted by atomic mass is 9.91. The normalized spacial score (nSPS) is 13.4. The molecule has 0 aliphatic heterocycles. The molecule has 4 nitrogen and oxygen atoms in total. The van der Waals surface area contributed by atoms with Crippen LogP contribution in [0, 0.1) is 18.2 Å². The smallest absolute Gasteiger partial charge is 0.332 e. The zero-order valence-corrected chi connectivity index (χ0v) is 10.4. The van der Waals surface area contributed by atoms with Crippen LogP contribution in [0.3, 0.4) is 0 Å². The fraction of sp³-hybridized carbons (Fsp3) is 0.385. The van der Waals surface area contributed by atoms with Crippen molar-refractivity contribution in [2.24, 2.45) is 0 Å². The summed E-state index contributed by atoms with van der Waals surface area (Å²) in [5.41, 5.74) is -0.761. The van der Waals surface area contributed by atoms with Crippen molar-refractivity contribution >= 4 is 5.97 Å². The Balaban J connectivity index is 3.21.